The summed E-state index contributed by atoms with van der Waals surface area (Å²) < 4.78 is 5.54. The number of Topliss-reactive ketones (excluding diaryl/α,β-unsaturated/α-hetero) is 1. The number of hydrogen-bond donors (Lipinski definition) is 2. The van der Waals surface area contributed by atoms with Crippen molar-refractivity contribution in [3.8, 4) is 5.75 Å². The number of thiocarbonyl (C=S) groups is 1. The molecule has 6 heteroatoms. The number of carbonyl (C=O) groups excluding carboxylic acids is 2. The van der Waals surface area contributed by atoms with Crippen LogP contribution >= 0.6 is 12.2 Å². The summed E-state index contributed by atoms with van der Waals surface area (Å²) in [5.74, 6) is 0.318. The number of hydrogen-bond acceptors (Lipinski definition) is 4. The molecular formula is C19H20N2O3S. The molecule has 5 nitrogen and oxygen atoms in total. The van der Waals surface area contributed by atoms with E-state index in [2.05, 4.69) is 10.6 Å². The van der Waals surface area contributed by atoms with Crippen LogP contribution in [-0.2, 0) is 4.79 Å². The quantitative estimate of drug-likeness (QED) is 0.635. The molecule has 1 amide bonds. The molecule has 0 heterocycles. The minimum atomic E-state index is -0.348. The van der Waals surface area contributed by atoms with Crippen molar-refractivity contribution in [1.29, 1.82) is 0 Å². The first-order chi connectivity index (χ1) is 11.8. The molecule has 2 N–H and O–H groups in total. The van der Waals surface area contributed by atoms with Crippen LogP contribution in [0.25, 0.3) is 0 Å². The first kappa shape index (κ1) is 18.6. The summed E-state index contributed by atoms with van der Waals surface area (Å²) in [5, 5.41) is 5.62. The minimum Gasteiger partial charge on any atom is -0.483 e. The molecule has 0 spiro atoms. The maximum absolute atomic E-state index is 11.9. The number of nitrogens with one attached hydrogen (secondary N) is 2. The van der Waals surface area contributed by atoms with E-state index >= 15 is 0 Å². The molecule has 25 heavy (non-hydrogen) atoms. The van der Waals surface area contributed by atoms with E-state index in [0.29, 0.717) is 17.0 Å². The van der Waals surface area contributed by atoms with Crippen molar-refractivity contribution in [2.24, 2.45) is 0 Å². The lowest BCUT2D eigenvalue weighted by Gasteiger charge is -2.12. The van der Waals surface area contributed by atoms with Crippen molar-refractivity contribution >= 4 is 34.7 Å². The lowest BCUT2D eigenvalue weighted by atomic mass is 10.1. The Labute approximate surface area is 152 Å². The Balaban J connectivity index is 1.84. The number of ketones is 1. The highest BCUT2D eigenvalue weighted by Crippen LogP contribution is 2.18. The largest absolute Gasteiger partial charge is 0.483 e. The zero-order valence-electron chi connectivity index (χ0n) is 14.4. The van der Waals surface area contributed by atoms with E-state index in [1.54, 1.807) is 24.3 Å². The van der Waals surface area contributed by atoms with Gasteiger partial charge in [0.2, 0.25) is 0 Å². The topological polar surface area (TPSA) is 67.4 Å². The first-order valence-corrected chi connectivity index (χ1v) is 8.18. The molecule has 0 aliphatic carbocycles. The number of benzene rings is 2. The second kappa shape index (κ2) is 8.39. The Morgan fingerprint density at radius 1 is 1.08 bits per heavy atom. The fourth-order valence-electron chi connectivity index (χ4n) is 2.12. The van der Waals surface area contributed by atoms with Crippen LogP contribution in [-0.4, -0.2) is 23.4 Å². The van der Waals surface area contributed by atoms with Gasteiger partial charge in [-0.1, -0.05) is 12.1 Å². The van der Waals surface area contributed by atoms with Gasteiger partial charge in [-0.05, 0) is 74.4 Å². The number of aryl methyl sites for hydroxylation is 2. The Kier molecular flexibility index (Phi) is 6.25. The highest BCUT2D eigenvalue weighted by Gasteiger charge is 2.08. The van der Waals surface area contributed by atoms with Crippen LogP contribution in [0.5, 0.6) is 5.75 Å². The number of anilines is 1. The van der Waals surface area contributed by atoms with E-state index in [1.807, 2.05) is 32.0 Å². The summed E-state index contributed by atoms with van der Waals surface area (Å²) >= 11 is 5.11. The fourth-order valence-corrected chi connectivity index (χ4v) is 2.35. The van der Waals surface area contributed by atoms with Crippen molar-refractivity contribution in [2.45, 2.75) is 20.8 Å². The monoisotopic (exact) mass is 356 g/mol. The molecule has 0 fully saturated rings. The van der Waals surface area contributed by atoms with Crippen LogP contribution in [0.1, 0.15) is 28.4 Å². The van der Waals surface area contributed by atoms with Crippen LogP contribution in [0.4, 0.5) is 5.69 Å². The summed E-state index contributed by atoms with van der Waals surface area (Å²) in [6.45, 7) is 5.25. The average molecular weight is 356 g/mol. The Morgan fingerprint density at radius 3 is 2.40 bits per heavy atom. The molecule has 0 saturated heterocycles. The molecule has 0 aliphatic rings. The van der Waals surface area contributed by atoms with Gasteiger partial charge in [0.25, 0.3) is 5.91 Å². The smallest absolute Gasteiger partial charge is 0.264 e. The Bertz CT molecular complexity index is 801. The average Bonchev–Trinajstić information content (AvgIpc) is 2.56. The van der Waals surface area contributed by atoms with E-state index in [1.165, 1.54) is 6.92 Å². The Hall–Kier alpha value is -2.73. The molecular weight excluding hydrogens is 336 g/mol. The normalized spacial score (nSPS) is 10.0. The Morgan fingerprint density at radius 2 is 1.76 bits per heavy atom. The van der Waals surface area contributed by atoms with Gasteiger partial charge in [0, 0.05) is 11.3 Å². The summed E-state index contributed by atoms with van der Waals surface area (Å²) in [6.07, 6.45) is 0. The molecule has 2 aromatic carbocycles. The molecule has 2 aromatic rings. The molecule has 0 unspecified atom stereocenters. The molecule has 0 aromatic heterocycles. The molecule has 0 atom stereocenters. The van der Waals surface area contributed by atoms with Gasteiger partial charge in [-0.2, -0.15) is 0 Å². The molecule has 130 valence electrons. The third-order valence-electron chi connectivity index (χ3n) is 3.50. The minimum absolute atomic E-state index is 0.00831. The molecule has 0 saturated carbocycles. The van der Waals surface area contributed by atoms with Crippen LogP contribution in [0, 0.1) is 13.8 Å². The summed E-state index contributed by atoms with van der Waals surface area (Å²) in [7, 11) is 0. The van der Waals surface area contributed by atoms with Crippen LogP contribution in [0.15, 0.2) is 42.5 Å². The number of amides is 1. The van der Waals surface area contributed by atoms with Crippen molar-refractivity contribution in [3.05, 3.63) is 59.2 Å². The van der Waals surface area contributed by atoms with Gasteiger partial charge in [-0.25, -0.2) is 0 Å². The van der Waals surface area contributed by atoms with Crippen molar-refractivity contribution in [1.82, 2.24) is 5.32 Å². The van der Waals surface area contributed by atoms with E-state index < -0.39 is 0 Å². The number of ether oxygens (including phenoxy) is 1. The second-order valence-electron chi connectivity index (χ2n) is 5.69. The van der Waals surface area contributed by atoms with E-state index in [-0.39, 0.29) is 23.4 Å². The van der Waals surface area contributed by atoms with Crippen LogP contribution in [0.2, 0.25) is 0 Å². The molecule has 0 bridgehead atoms. The zero-order valence-corrected chi connectivity index (χ0v) is 15.2. The van der Waals surface area contributed by atoms with Crippen molar-refractivity contribution in [3.63, 3.8) is 0 Å². The van der Waals surface area contributed by atoms with Gasteiger partial charge >= 0.3 is 0 Å². The third kappa shape index (κ3) is 5.69. The van der Waals surface area contributed by atoms with E-state index in [9.17, 15) is 9.59 Å². The van der Waals surface area contributed by atoms with Gasteiger partial charge in [0.15, 0.2) is 17.5 Å². The summed E-state index contributed by atoms with van der Waals surface area (Å²) in [6, 6.07) is 12.6. The maximum atomic E-state index is 11.9. The van der Waals surface area contributed by atoms with E-state index in [4.69, 9.17) is 17.0 Å². The van der Waals surface area contributed by atoms with Crippen LogP contribution < -0.4 is 15.4 Å². The van der Waals surface area contributed by atoms with Crippen molar-refractivity contribution in [2.75, 3.05) is 11.9 Å². The van der Waals surface area contributed by atoms with Crippen molar-refractivity contribution < 1.29 is 14.3 Å². The highest BCUT2D eigenvalue weighted by atomic mass is 32.1. The lowest BCUT2D eigenvalue weighted by molar-refractivity contribution is -0.121. The predicted molar refractivity (Wildman–Crippen MR) is 102 cm³/mol. The lowest BCUT2D eigenvalue weighted by Crippen LogP contribution is -2.37. The van der Waals surface area contributed by atoms with Gasteiger partial charge in [0.1, 0.15) is 5.75 Å². The van der Waals surface area contributed by atoms with Gasteiger partial charge in [-0.3, -0.25) is 14.9 Å². The SMILES string of the molecule is CC(=O)c1ccc(NC(=S)NC(=O)COc2cc(C)ccc2C)cc1. The highest BCUT2D eigenvalue weighted by molar-refractivity contribution is 7.80. The first-order valence-electron chi connectivity index (χ1n) is 7.77. The summed E-state index contributed by atoms with van der Waals surface area (Å²) in [4.78, 5) is 23.2. The number of rotatable bonds is 5. The predicted octanol–water partition coefficient (Wildman–Crippen LogP) is 3.40. The standard InChI is InChI=1S/C19H20N2O3S/c1-12-4-5-13(2)17(10-12)24-11-18(23)21-19(25)20-16-8-6-15(7-9-16)14(3)22/h4-10H,11H2,1-3H3,(H2,20,21,23,25). The van der Waals surface area contributed by atoms with Gasteiger partial charge < -0.3 is 10.1 Å². The van der Waals surface area contributed by atoms with Crippen LogP contribution in [0.3, 0.4) is 0 Å². The summed E-state index contributed by atoms with van der Waals surface area (Å²) in [5.41, 5.74) is 3.32. The van der Waals surface area contributed by atoms with Gasteiger partial charge in [-0.15, -0.1) is 0 Å². The van der Waals surface area contributed by atoms with E-state index in [0.717, 1.165) is 11.1 Å². The molecule has 2 rings (SSSR count). The molecule has 0 radical (unpaired) electrons. The number of carbonyl (C=O) groups is 2. The third-order valence-corrected chi connectivity index (χ3v) is 3.71. The fraction of sp³-hybridized carbons (Fsp3) is 0.211. The van der Waals surface area contributed by atoms with Gasteiger partial charge in [0.05, 0.1) is 0 Å². The second-order valence-corrected chi connectivity index (χ2v) is 6.10. The maximum Gasteiger partial charge on any atom is 0.264 e. The zero-order chi connectivity index (χ0) is 18.4. The molecule has 0 aliphatic heterocycles.